The molecule has 5 nitrogen and oxygen atoms in total. The summed E-state index contributed by atoms with van der Waals surface area (Å²) >= 11 is 0. The molecule has 0 aliphatic heterocycles. The second kappa shape index (κ2) is 8.19. The molecule has 0 aromatic rings. The molecule has 0 amide bonds. The fourth-order valence-corrected chi connectivity index (χ4v) is 3.91. The molecule has 0 radical (unpaired) electrons. The number of carbonyl (C=O) groups excluding carboxylic acids is 1. The van der Waals surface area contributed by atoms with E-state index in [1.54, 1.807) is 6.92 Å². The molecule has 144 valence electrons. The van der Waals surface area contributed by atoms with Crippen LogP contribution in [0, 0.1) is 17.8 Å². The van der Waals surface area contributed by atoms with Gasteiger partial charge in [-0.2, -0.15) is 5.48 Å². The molecule has 1 saturated carbocycles. The zero-order valence-electron chi connectivity index (χ0n) is 16.6. The third-order valence-corrected chi connectivity index (χ3v) is 5.30. The molecule has 0 bridgehead atoms. The number of ketones is 1. The van der Waals surface area contributed by atoms with Gasteiger partial charge in [-0.1, -0.05) is 6.08 Å². The lowest BCUT2D eigenvalue weighted by atomic mass is 10.0. The van der Waals surface area contributed by atoms with Crippen LogP contribution >= 0.6 is 0 Å². The normalized spacial score (nSPS) is 29.2. The summed E-state index contributed by atoms with van der Waals surface area (Å²) < 4.78 is 5.93. The van der Waals surface area contributed by atoms with Crippen molar-refractivity contribution in [3.05, 3.63) is 11.8 Å². The molecule has 0 aromatic heterocycles. The van der Waals surface area contributed by atoms with E-state index in [9.17, 15) is 4.79 Å². The van der Waals surface area contributed by atoms with Gasteiger partial charge >= 0.3 is 0 Å². The van der Waals surface area contributed by atoms with Gasteiger partial charge in [-0.05, 0) is 78.1 Å². The number of fused-ring (bicyclic) bond motifs is 1. The summed E-state index contributed by atoms with van der Waals surface area (Å²) in [5.74, 6) is 2.35. The maximum Gasteiger partial charge on any atom is 0.132 e. The van der Waals surface area contributed by atoms with Crippen molar-refractivity contribution in [3.8, 4) is 0 Å². The first-order valence-corrected chi connectivity index (χ1v) is 9.56. The number of rotatable bonds is 9. The van der Waals surface area contributed by atoms with E-state index in [2.05, 4.69) is 25.4 Å². The highest BCUT2D eigenvalue weighted by molar-refractivity contribution is 5.76. The summed E-state index contributed by atoms with van der Waals surface area (Å²) in [5.41, 5.74) is 9.43. The molecule has 2 aliphatic carbocycles. The Kier molecular flexibility index (Phi) is 6.68. The molecular weight excluding hydrogens is 316 g/mol. The second-order valence-corrected chi connectivity index (χ2v) is 9.11. The van der Waals surface area contributed by atoms with Crippen molar-refractivity contribution in [2.45, 2.75) is 77.9 Å². The molecule has 1 fully saturated rings. The van der Waals surface area contributed by atoms with Gasteiger partial charge in [0.15, 0.2) is 0 Å². The number of allylic oxidation sites excluding steroid dienone is 2. The van der Waals surface area contributed by atoms with Gasteiger partial charge in [-0.15, -0.1) is 0 Å². The lowest BCUT2D eigenvalue weighted by molar-refractivity contribution is -0.127. The Labute approximate surface area is 152 Å². The van der Waals surface area contributed by atoms with E-state index in [1.807, 2.05) is 13.8 Å². The van der Waals surface area contributed by atoms with E-state index in [0.29, 0.717) is 18.9 Å². The molecule has 3 unspecified atom stereocenters. The molecule has 0 spiro atoms. The quantitative estimate of drug-likeness (QED) is 0.623. The molecule has 0 aromatic carbocycles. The maximum atomic E-state index is 11.3. The van der Waals surface area contributed by atoms with E-state index < -0.39 is 5.60 Å². The van der Waals surface area contributed by atoms with Gasteiger partial charge in [-0.3, -0.25) is 4.79 Å². The number of nitrogens with one attached hydrogen (secondary N) is 1. The van der Waals surface area contributed by atoms with Crippen LogP contribution in [0.3, 0.4) is 0 Å². The fraction of sp³-hybridized carbons (Fsp3) is 0.850. The van der Waals surface area contributed by atoms with Crippen molar-refractivity contribution in [3.63, 3.8) is 0 Å². The summed E-state index contributed by atoms with van der Waals surface area (Å²) in [6, 6.07) is 0. The highest BCUT2D eigenvalue weighted by atomic mass is 16.6. The number of hydrogen-bond acceptors (Lipinski definition) is 5. The van der Waals surface area contributed by atoms with E-state index in [0.717, 1.165) is 37.0 Å². The van der Waals surface area contributed by atoms with Crippen molar-refractivity contribution in [2.75, 3.05) is 13.2 Å². The van der Waals surface area contributed by atoms with Crippen LogP contribution < -0.4 is 11.2 Å². The van der Waals surface area contributed by atoms with Crippen LogP contribution in [0.5, 0.6) is 0 Å². The average molecular weight is 353 g/mol. The van der Waals surface area contributed by atoms with Crippen LogP contribution in [-0.4, -0.2) is 30.1 Å². The van der Waals surface area contributed by atoms with Gasteiger partial charge in [-0.25, -0.2) is 0 Å². The maximum absolute atomic E-state index is 11.3. The highest BCUT2D eigenvalue weighted by Gasteiger charge is 2.49. The summed E-state index contributed by atoms with van der Waals surface area (Å²) in [6.07, 6.45) is 7.15. The predicted molar refractivity (Wildman–Crippen MR) is 99.7 cm³/mol. The number of hydrogen-bond donors (Lipinski definition) is 2. The average Bonchev–Trinajstić information content (AvgIpc) is 3.10. The van der Waals surface area contributed by atoms with E-state index in [1.165, 1.54) is 12.8 Å². The van der Waals surface area contributed by atoms with Crippen molar-refractivity contribution < 1.29 is 14.4 Å². The number of ether oxygens (including phenoxy) is 1. The summed E-state index contributed by atoms with van der Waals surface area (Å²) in [4.78, 5) is 17.1. The van der Waals surface area contributed by atoms with Gasteiger partial charge in [0.2, 0.25) is 0 Å². The zero-order valence-corrected chi connectivity index (χ0v) is 16.6. The first-order valence-electron chi connectivity index (χ1n) is 9.56. The predicted octanol–water partition coefficient (Wildman–Crippen LogP) is 3.34. The standard InChI is InChI=1S/C20H36N2O3/c1-14(23)11-20(4,5)24-13-19(2,3)22-25-12-18-16-8-6-7-15(21)9-10-17(16)18/h7,16-18,22H,6,8-13,21H2,1-5H3/b15-7+. The van der Waals surface area contributed by atoms with Crippen molar-refractivity contribution in [2.24, 2.45) is 23.5 Å². The van der Waals surface area contributed by atoms with Crippen LogP contribution in [0.2, 0.25) is 0 Å². The Morgan fingerprint density at radius 3 is 2.64 bits per heavy atom. The topological polar surface area (TPSA) is 73.6 Å². The highest BCUT2D eigenvalue weighted by Crippen LogP contribution is 2.53. The Hall–Kier alpha value is -0.910. The first-order chi connectivity index (χ1) is 11.6. The van der Waals surface area contributed by atoms with Crippen molar-refractivity contribution in [1.82, 2.24) is 5.48 Å². The Balaban J connectivity index is 1.68. The molecule has 0 saturated heterocycles. The summed E-state index contributed by atoms with van der Waals surface area (Å²) in [5, 5.41) is 0. The minimum absolute atomic E-state index is 0.144. The zero-order chi connectivity index (χ0) is 18.7. The fourth-order valence-electron chi connectivity index (χ4n) is 3.91. The number of Topliss-reactive ketones (excluding diaryl/α,β-unsaturated/α-hetero) is 1. The van der Waals surface area contributed by atoms with E-state index in [-0.39, 0.29) is 11.3 Å². The van der Waals surface area contributed by atoms with Gasteiger partial charge < -0.3 is 15.3 Å². The SMILES string of the molecule is CC(=O)CC(C)(C)OCC(C)(C)NOCC1C2CC/C=C(/N)CCC21. The first kappa shape index (κ1) is 20.4. The molecule has 5 heteroatoms. The Morgan fingerprint density at radius 2 is 1.96 bits per heavy atom. The van der Waals surface area contributed by atoms with Gasteiger partial charge in [0.1, 0.15) is 5.78 Å². The number of carbonyl (C=O) groups is 1. The molecule has 2 rings (SSSR count). The van der Waals surface area contributed by atoms with Gasteiger partial charge in [0.05, 0.1) is 24.4 Å². The smallest absolute Gasteiger partial charge is 0.132 e. The van der Waals surface area contributed by atoms with Crippen LogP contribution in [0.4, 0.5) is 0 Å². The number of hydroxylamine groups is 1. The molecule has 2 aliphatic rings. The third-order valence-electron chi connectivity index (χ3n) is 5.30. The van der Waals surface area contributed by atoms with Crippen LogP contribution in [0.1, 0.15) is 66.7 Å². The molecular formula is C20H36N2O3. The van der Waals surface area contributed by atoms with Crippen molar-refractivity contribution >= 4 is 5.78 Å². The summed E-state index contributed by atoms with van der Waals surface area (Å²) in [7, 11) is 0. The second-order valence-electron chi connectivity index (χ2n) is 9.11. The van der Waals surface area contributed by atoms with Crippen LogP contribution in [0.25, 0.3) is 0 Å². The largest absolute Gasteiger partial charge is 0.402 e. The lowest BCUT2D eigenvalue weighted by Gasteiger charge is -2.31. The Bertz CT molecular complexity index is 499. The molecule has 25 heavy (non-hydrogen) atoms. The summed E-state index contributed by atoms with van der Waals surface area (Å²) in [6.45, 7) is 10.8. The minimum Gasteiger partial charge on any atom is -0.402 e. The number of nitrogens with two attached hydrogens (primary N) is 1. The lowest BCUT2D eigenvalue weighted by Crippen LogP contribution is -2.46. The Morgan fingerprint density at radius 1 is 1.28 bits per heavy atom. The van der Waals surface area contributed by atoms with Crippen LogP contribution in [-0.2, 0) is 14.4 Å². The van der Waals surface area contributed by atoms with Gasteiger partial charge in [0.25, 0.3) is 0 Å². The van der Waals surface area contributed by atoms with E-state index >= 15 is 0 Å². The molecule has 0 heterocycles. The third kappa shape index (κ3) is 6.72. The molecule has 3 atom stereocenters. The van der Waals surface area contributed by atoms with Crippen molar-refractivity contribution in [1.29, 1.82) is 0 Å². The monoisotopic (exact) mass is 352 g/mol. The minimum atomic E-state index is -0.445. The van der Waals surface area contributed by atoms with E-state index in [4.69, 9.17) is 15.3 Å². The van der Waals surface area contributed by atoms with Crippen LogP contribution in [0.15, 0.2) is 11.8 Å². The molecule has 3 N–H and O–H groups in total. The van der Waals surface area contributed by atoms with Gasteiger partial charge in [0, 0.05) is 12.1 Å².